The highest BCUT2D eigenvalue weighted by Crippen LogP contribution is 2.27. The lowest BCUT2D eigenvalue weighted by molar-refractivity contribution is 0.199. The number of rotatable bonds is 7. The van der Waals surface area contributed by atoms with Gasteiger partial charge in [0.1, 0.15) is 5.75 Å². The zero-order chi connectivity index (χ0) is 15.1. The molecular formula is C16H19ClN2O2. The largest absolute Gasteiger partial charge is 0.438 e. The number of hydrogen-bond donors (Lipinski definition) is 1. The van der Waals surface area contributed by atoms with Crippen molar-refractivity contribution in [1.82, 2.24) is 10.3 Å². The van der Waals surface area contributed by atoms with Crippen LogP contribution in [0.2, 0.25) is 5.02 Å². The molecule has 112 valence electrons. The zero-order valence-electron chi connectivity index (χ0n) is 12.2. The van der Waals surface area contributed by atoms with Gasteiger partial charge in [-0.15, -0.1) is 0 Å². The van der Waals surface area contributed by atoms with E-state index in [2.05, 4.69) is 10.3 Å². The molecule has 0 saturated carbocycles. The second-order valence-corrected chi connectivity index (χ2v) is 5.09. The second kappa shape index (κ2) is 7.98. The number of hydrogen-bond acceptors (Lipinski definition) is 4. The summed E-state index contributed by atoms with van der Waals surface area (Å²) in [5, 5.41) is 3.98. The predicted octanol–water partition coefficient (Wildman–Crippen LogP) is 3.57. The zero-order valence-corrected chi connectivity index (χ0v) is 13.0. The Hall–Kier alpha value is -1.62. The van der Waals surface area contributed by atoms with Crippen molar-refractivity contribution in [1.29, 1.82) is 0 Å². The molecule has 1 aromatic carbocycles. The van der Waals surface area contributed by atoms with Crippen molar-refractivity contribution in [2.24, 2.45) is 0 Å². The van der Waals surface area contributed by atoms with Gasteiger partial charge < -0.3 is 14.8 Å². The molecule has 0 aliphatic heterocycles. The van der Waals surface area contributed by atoms with E-state index >= 15 is 0 Å². The van der Waals surface area contributed by atoms with E-state index in [4.69, 9.17) is 21.1 Å². The third-order valence-corrected chi connectivity index (χ3v) is 3.23. The molecule has 0 aliphatic carbocycles. The molecule has 1 N–H and O–H groups in total. The molecule has 0 saturated heterocycles. The van der Waals surface area contributed by atoms with E-state index in [1.54, 1.807) is 13.3 Å². The SMILES string of the molecule is COCCNCc1cccnc1Oc1ccc(Cl)cc1C. The number of aryl methyl sites for hydroxylation is 1. The summed E-state index contributed by atoms with van der Waals surface area (Å²) in [6.45, 7) is 4.09. The van der Waals surface area contributed by atoms with Crippen LogP contribution in [0.1, 0.15) is 11.1 Å². The van der Waals surface area contributed by atoms with E-state index in [1.165, 1.54) is 0 Å². The Morgan fingerprint density at radius 2 is 2.14 bits per heavy atom. The summed E-state index contributed by atoms with van der Waals surface area (Å²) < 4.78 is 10.9. The summed E-state index contributed by atoms with van der Waals surface area (Å²) in [5.74, 6) is 1.36. The van der Waals surface area contributed by atoms with Crippen LogP contribution in [0.3, 0.4) is 0 Å². The van der Waals surface area contributed by atoms with Crippen LogP contribution in [-0.4, -0.2) is 25.2 Å². The fraction of sp³-hybridized carbons (Fsp3) is 0.312. The molecule has 0 unspecified atom stereocenters. The molecule has 2 aromatic rings. The first-order chi connectivity index (χ1) is 10.2. The Kier molecular flexibility index (Phi) is 5.99. The monoisotopic (exact) mass is 306 g/mol. The lowest BCUT2D eigenvalue weighted by Gasteiger charge is -2.12. The number of pyridine rings is 1. The van der Waals surface area contributed by atoms with Gasteiger partial charge in [-0.25, -0.2) is 4.98 Å². The molecule has 0 atom stereocenters. The maximum atomic E-state index is 5.96. The van der Waals surface area contributed by atoms with Crippen molar-refractivity contribution in [3.8, 4) is 11.6 Å². The van der Waals surface area contributed by atoms with Crippen molar-refractivity contribution >= 4 is 11.6 Å². The standard InChI is InChI=1S/C16H19ClN2O2/c1-12-10-14(17)5-6-15(12)21-16-13(4-3-7-19-16)11-18-8-9-20-2/h3-7,10,18H,8-9,11H2,1-2H3. The summed E-state index contributed by atoms with van der Waals surface area (Å²) in [7, 11) is 1.68. The van der Waals surface area contributed by atoms with E-state index in [1.807, 2.05) is 37.3 Å². The summed E-state index contributed by atoms with van der Waals surface area (Å²) in [5.41, 5.74) is 1.98. The third-order valence-electron chi connectivity index (χ3n) is 2.99. The second-order valence-electron chi connectivity index (χ2n) is 4.65. The number of methoxy groups -OCH3 is 1. The minimum absolute atomic E-state index is 0.604. The molecule has 0 spiro atoms. The Morgan fingerprint density at radius 3 is 2.90 bits per heavy atom. The van der Waals surface area contributed by atoms with E-state index in [0.717, 1.165) is 23.4 Å². The first kappa shape index (κ1) is 15.8. The summed E-state index contributed by atoms with van der Waals surface area (Å²) >= 11 is 5.96. The third kappa shape index (κ3) is 4.70. The van der Waals surface area contributed by atoms with E-state index in [0.29, 0.717) is 24.1 Å². The smallest absolute Gasteiger partial charge is 0.223 e. The number of ether oxygens (including phenoxy) is 2. The number of halogens is 1. The molecule has 21 heavy (non-hydrogen) atoms. The Balaban J connectivity index is 2.08. The van der Waals surface area contributed by atoms with Gasteiger partial charge in [0.25, 0.3) is 0 Å². The number of nitrogens with one attached hydrogen (secondary N) is 1. The van der Waals surface area contributed by atoms with E-state index in [9.17, 15) is 0 Å². The highest BCUT2D eigenvalue weighted by Gasteiger charge is 2.08. The number of aromatic nitrogens is 1. The van der Waals surface area contributed by atoms with E-state index in [-0.39, 0.29) is 0 Å². The van der Waals surface area contributed by atoms with Gasteiger partial charge in [0.05, 0.1) is 6.61 Å². The van der Waals surface area contributed by atoms with Crippen LogP contribution < -0.4 is 10.1 Å². The van der Waals surface area contributed by atoms with Gasteiger partial charge in [-0.2, -0.15) is 0 Å². The van der Waals surface area contributed by atoms with Crippen LogP contribution in [0.25, 0.3) is 0 Å². The molecule has 5 heteroatoms. The van der Waals surface area contributed by atoms with Crippen LogP contribution in [0.5, 0.6) is 11.6 Å². The maximum Gasteiger partial charge on any atom is 0.223 e. The van der Waals surface area contributed by atoms with Gasteiger partial charge in [0.2, 0.25) is 5.88 Å². The normalized spacial score (nSPS) is 10.6. The molecule has 1 aromatic heterocycles. The Morgan fingerprint density at radius 1 is 1.29 bits per heavy atom. The molecule has 0 amide bonds. The van der Waals surface area contributed by atoms with Gasteiger partial charge in [-0.3, -0.25) is 0 Å². The van der Waals surface area contributed by atoms with Crippen LogP contribution in [0.15, 0.2) is 36.5 Å². The average Bonchev–Trinajstić information content (AvgIpc) is 2.48. The van der Waals surface area contributed by atoms with Crippen LogP contribution in [-0.2, 0) is 11.3 Å². The van der Waals surface area contributed by atoms with Gasteiger partial charge in [0.15, 0.2) is 0 Å². The predicted molar refractivity (Wildman–Crippen MR) is 84.1 cm³/mol. The van der Waals surface area contributed by atoms with Gasteiger partial charge in [0, 0.05) is 37.0 Å². The quantitative estimate of drug-likeness (QED) is 0.794. The molecule has 2 rings (SSSR count). The first-order valence-electron chi connectivity index (χ1n) is 6.78. The summed E-state index contributed by atoms with van der Waals surface area (Å²) in [4.78, 5) is 4.31. The molecule has 0 aliphatic rings. The fourth-order valence-corrected chi connectivity index (χ4v) is 2.11. The van der Waals surface area contributed by atoms with Crippen molar-refractivity contribution < 1.29 is 9.47 Å². The number of benzene rings is 1. The van der Waals surface area contributed by atoms with Crippen molar-refractivity contribution in [3.63, 3.8) is 0 Å². The summed E-state index contributed by atoms with van der Waals surface area (Å²) in [6, 6.07) is 9.43. The van der Waals surface area contributed by atoms with Crippen molar-refractivity contribution in [2.45, 2.75) is 13.5 Å². The van der Waals surface area contributed by atoms with E-state index < -0.39 is 0 Å². The molecular weight excluding hydrogens is 288 g/mol. The highest BCUT2D eigenvalue weighted by atomic mass is 35.5. The van der Waals surface area contributed by atoms with Crippen molar-refractivity contribution in [2.75, 3.05) is 20.3 Å². The number of nitrogens with zero attached hydrogens (tertiary/aromatic N) is 1. The van der Waals surface area contributed by atoms with Crippen LogP contribution in [0.4, 0.5) is 0 Å². The van der Waals surface area contributed by atoms with Gasteiger partial charge >= 0.3 is 0 Å². The minimum Gasteiger partial charge on any atom is -0.438 e. The van der Waals surface area contributed by atoms with Crippen molar-refractivity contribution in [3.05, 3.63) is 52.7 Å². The summed E-state index contributed by atoms with van der Waals surface area (Å²) in [6.07, 6.45) is 1.72. The maximum absolute atomic E-state index is 5.96. The fourth-order valence-electron chi connectivity index (χ4n) is 1.88. The lowest BCUT2D eigenvalue weighted by atomic mass is 10.2. The highest BCUT2D eigenvalue weighted by molar-refractivity contribution is 6.30. The van der Waals surface area contributed by atoms with Gasteiger partial charge in [-0.1, -0.05) is 17.7 Å². The van der Waals surface area contributed by atoms with Gasteiger partial charge in [-0.05, 0) is 36.8 Å². The molecule has 4 nitrogen and oxygen atoms in total. The van der Waals surface area contributed by atoms with Crippen LogP contribution >= 0.6 is 11.6 Å². The topological polar surface area (TPSA) is 43.4 Å². The Labute approximate surface area is 130 Å². The van der Waals surface area contributed by atoms with Crippen LogP contribution in [0, 0.1) is 6.92 Å². The molecule has 0 radical (unpaired) electrons. The Bertz CT molecular complexity index is 590. The minimum atomic E-state index is 0.604. The average molecular weight is 307 g/mol. The lowest BCUT2D eigenvalue weighted by Crippen LogP contribution is -2.19. The molecule has 0 fully saturated rings. The molecule has 1 heterocycles. The molecule has 0 bridgehead atoms. The first-order valence-corrected chi connectivity index (χ1v) is 7.16.